The normalized spacial score (nSPS) is 18.1. The second-order valence-electron chi connectivity index (χ2n) is 7.26. The summed E-state index contributed by atoms with van der Waals surface area (Å²) in [6.45, 7) is 5.92. The third-order valence-electron chi connectivity index (χ3n) is 4.75. The van der Waals surface area contributed by atoms with Crippen LogP contribution in [0.3, 0.4) is 0 Å². The standard InChI is InChI=1S/C22H21O6P/c1-14-5-8-17(20(11-14)23-4)24-29(25-18-9-6-15(2)12-21(18)27-29)26-19-10-7-16(3)13-22(19)28-29/h5-13H,1-4H3. The number of aryl methyl sites for hydroxylation is 3. The Morgan fingerprint density at radius 1 is 0.586 bits per heavy atom. The van der Waals surface area contributed by atoms with Gasteiger partial charge in [-0.05, 0) is 0 Å². The SMILES string of the molecule is COc1cc(C)ccc1OP12(Oc3ccc(C)cc3O1)Oc1ccc(C)cc1O2. The van der Waals surface area contributed by atoms with E-state index < -0.39 is 7.74 Å². The Kier molecular flexibility index (Phi) is 3.68. The van der Waals surface area contributed by atoms with Crippen LogP contribution in [0.1, 0.15) is 16.7 Å². The van der Waals surface area contributed by atoms with Crippen LogP contribution >= 0.6 is 7.74 Å². The van der Waals surface area contributed by atoms with Crippen LogP contribution in [-0.4, -0.2) is 7.11 Å². The molecule has 0 amide bonds. The van der Waals surface area contributed by atoms with Crippen molar-refractivity contribution >= 4 is 7.74 Å². The van der Waals surface area contributed by atoms with Gasteiger partial charge < -0.3 is 0 Å². The van der Waals surface area contributed by atoms with Gasteiger partial charge in [0.1, 0.15) is 0 Å². The van der Waals surface area contributed by atoms with Gasteiger partial charge in [-0.2, -0.15) is 0 Å². The topological polar surface area (TPSA) is 55.4 Å². The van der Waals surface area contributed by atoms with Gasteiger partial charge in [0.2, 0.25) is 0 Å². The van der Waals surface area contributed by atoms with Gasteiger partial charge in [0.15, 0.2) is 0 Å². The number of ether oxygens (including phenoxy) is 1. The van der Waals surface area contributed by atoms with Crippen molar-refractivity contribution in [2.75, 3.05) is 7.11 Å². The fourth-order valence-corrected chi connectivity index (χ4v) is 6.08. The van der Waals surface area contributed by atoms with Gasteiger partial charge in [-0.1, -0.05) is 0 Å². The first-order valence-corrected chi connectivity index (χ1v) is 11.1. The zero-order valence-corrected chi connectivity index (χ0v) is 17.5. The van der Waals surface area contributed by atoms with Crippen molar-refractivity contribution < 1.29 is 27.4 Å². The summed E-state index contributed by atoms with van der Waals surface area (Å²) in [5, 5.41) is 0. The van der Waals surface area contributed by atoms with Crippen LogP contribution in [0.4, 0.5) is 0 Å². The average molecular weight is 412 g/mol. The van der Waals surface area contributed by atoms with E-state index in [2.05, 4.69) is 0 Å². The summed E-state index contributed by atoms with van der Waals surface area (Å²) in [6, 6.07) is 16.8. The van der Waals surface area contributed by atoms with Gasteiger partial charge in [-0.3, -0.25) is 0 Å². The predicted octanol–water partition coefficient (Wildman–Crippen LogP) is 6.07. The summed E-state index contributed by atoms with van der Waals surface area (Å²) in [5.74, 6) is 2.97. The maximum atomic E-state index is 6.35. The van der Waals surface area contributed by atoms with Crippen molar-refractivity contribution in [3.8, 4) is 34.5 Å². The van der Waals surface area contributed by atoms with Crippen LogP contribution in [0.5, 0.6) is 34.5 Å². The molecule has 0 saturated carbocycles. The molecule has 2 heterocycles. The summed E-state index contributed by atoms with van der Waals surface area (Å²) < 4.78 is 36.9. The van der Waals surface area contributed by atoms with E-state index in [0.717, 1.165) is 16.7 Å². The van der Waals surface area contributed by atoms with Crippen LogP contribution in [0.2, 0.25) is 0 Å². The molecule has 1 spiro atoms. The Labute approximate surface area is 169 Å². The fourth-order valence-electron chi connectivity index (χ4n) is 3.36. The Hall–Kier alpha value is -3.11. The fraction of sp³-hybridized carbons (Fsp3) is 0.182. The van der Waals surface area contributed by atoms with Gasteiger partial charge in [0.05, 0.1) is 0 Å². The first-order valence-electron chi connectivity index (χ1n) is 9.26. The van der Waals surface area contributed by atoms with Gasteiger partial charge in [-0.15, -0.1) is 0 Å². The summed E-state index contributed by atoms with van der Waals surface area (Å²) in [6.07, 6.45) is 0. The third-order valence-corrected chi connectivity index (χ3v) is 7.23. The number of benzene rings is 3. The molecule has 150 valence electrons. The van der Waals surface area contributed by atoms with Gasteiger partial charge in [0.25, 0.3) is 0 Å². The number of hydrogen-bond acceptors (Lipinski definition) is 6. The van der Waals surface area contributed by atoms with Gasteiger partial charge in [0, 0.05) is 0 Å². The molecule has 7 heteroatoms. The predicted molar refractivity (Wildman–Crippen MR) is 110 cm³/mol. The van der Waals surface area contributed by atoms with E-state index in [-0.39, 0.29) is 0 Å². The van der Waals surface area contributed by atoms with Crippen molar-refractivity contribution in [3.63, 3.8) is 0 Å². The maximum absolute atomic E-state index is 6.35. The van der Waals surface area contributed by atoms with E-state index in [0.29, 0.717) is 34.5 Å². The molecule has 0 unspecified atom stereocenters. The second kappa shape index (κ2) is 5.94. The molecule has 0 aromatic heterocycles. The first-order chi connectivity index (χ1) is 13.9. The number of rotatable bonds is 3. The molecule has 5 rings (SSSR count). The summed E-state index contributed by atoms with van der Waals surface area (Å²) >= 11 is 0. The number of hydrogen-bond donors (Lipinski definition) is 0. The van der Waals surface area contributed by atoms with E-state index in [1.54, 1.807) is 13.2 Å². The van der Waals surface area contributed by atoms with E-state index in [1.807, 2.05) is 69.3 Å². The molecule has 2 aliphatic heterocycles. The molecule has 0 saturated heterocycles. The number of fused-ring (bicyclic) bond motifs is 2. The van der Waals surface area contributed by atoms with Crippen molar-refractivity contribution in [3.05, 3.63) is 71.3 Å². The minimum absolute atomic E-state index is 0.407. The van der Waals surface area contributed by atoms with Crippen molar-refractivity contribution in [2.45, 2.75) is 20.8 Å². The second-order valence-corrected chi connectivity index (χ2v) is 9.66. The molecule has 0 bridgehead atoms. The van der Waals surface area contributed by atoms with E-state index >= 15 is 0 Å². The number of methoxy groups -OCH3 is 1. The monoisotopic (exact) mass is 412 g/mol. The van der Waals surface area contributed by atoms with E-state index in [9.17, 15) is 0 Å². The quantitative estimate of drug-likeness (QED) is 0.487. The van der Waals surface area contributed by atoms with Crippen LogP contribution in [0.15, 0.2) is 54.6 Å². The summed E-state index contributed by atoms with van der Waals surface area (Å²) in [7, 11) is -2.98. The molecule has 29 heavy (non-hydrogen) atoms. The Balaban J connectivity index is 1.65. The zero-order chi connectivity index (χ0) is 20.2. The van der Waals surface area contributed by atoms with Gasteiger partial charge in [-0.25, -0.2) is 0 Å². The Morgan fingerprint density at radius 3 is 1.62 bits per heavy atom. The molecule has 0 atom stereocenters. The molecule has 3 aromatic carbocycles. The third kappa shape index (κ3) is 2.83. The van der Waals surface area contributed by atoms with Crippen LogP contribution in [-0.2, 0) is 0 Å². The molecule has 0 fully saturated rings. The van der Waals surface area contributed by atoms with Crippen LogP contribution in [0.25, 0.3) is 0 Å². The van der Waals surface area contributed by atoms with E-state index in [1.165, 1.54) is 0 Å². The molecule has 0 radical (unpaired) electrons. The first kappa shape index (κ1) is 18.0. The molecular formula is C22H21O6P. The van der Waals surface area contributed by atoms with Crippen molar-refractivity contribution in [1.29, 1.82) is 0 Å². The summed E-state index contributed by atoms with van der Waals surface area (Å²) in [4.78, 5) is 0. The average Bonchev–Trinajstić information content (AvgIpc) is 3.16. The molecule has 2 aliphatic rings. The molecule has 3 aromatic rings. The Bertz CT molecular complexity index is 1080. The molecule has 0 N–H and O–H groups in total. The van der Waals surface area contributed by atoms with Crippen molar-refractivity contribution in [1.82, 2.24) is 0 Å². The summed E-state index contributed by atoms with van der Waals surface area (Å²) in [5.41, 5.74) is 3.07. The van der Waals surface area contributed by atoms with E-state index in [4.69, 9.17) is 27.4 Å². The van der Waals surface area contributed by atoms with Gasteiger partial charge >= 0.3 is 169 Å². The van der Waals surface area contributed by atoms with Crippen LogP contribution < -0.4 is 27.4 Å². The minimum atomic E-state index is -4.56. The molecule has 6 nitrogen and oxygen atoms in total. The zero-order valence-electron chi connectivity index (χ0n) is 16.6. The van der Waals surface area contributed by atoms with Crippen LogP contribution in [0, 0.1) is 20.8 Å². The molecule has 0 aliphatic carbocycles. The Morgan fingerprint density at radius 2 is 1.07 bits per heavy atom. The van der Waals surface area contributed by atoms with Crippen molar-refractivity contribution in [2.24, 2.45) is 0 Å². The molecular weight excluding hydrogens is 391 g/mol.